The number of aryl methyl sites for hydroxylation is 3. The molecule has 2 aromatic carbocycles. The van der Waals surface area contributed by atoms with Gasteiger partial charge in [0.25, 0.3) is 5.91 Å². The number of nitrogens with one attached hydrogen (secondary N) is 1. The largest absolute Gasteiger partial charge is 0.484 e. The average Bonchev–Trinajstić information content (AvgIpc) is 2.43. The fourth-order valence-electron chi connectivity index (χ4n) is 1.91. The van der Waals surface area contributed by atoms with Crippen molar-refractivity contribution in [1.29, 1.82) is 0 Å². The van der Waals surface area contributed by atoms with E-state index in [0.29, 0.717) is 10.8 Å². The second-order valence-electron chi connectivity index (χ2n) is 5.04. The zero-order chi connectivity index (χ0) is 15.4. The summed E-state index contributed by atoms with van der Waals surface area (Å²) in [7, 11) is 0. The van der Waals surface area contributed by atoms with Gasteiger partial charge in [0.2, 0.25) is 0 Å². The highest BCUT2D eigenvalue weighted by atomic mass is 35.5. The van der Waals surface area contributed by atoms with E-state index < -0.39 is 0 Å². The molecule has 0 fully saturated rings. The van der Waals surface area contributed by atoms with Crippen molar-refractivity contribution < 1.29 is 9.53 Å². The fourth-order valence-corrected chi connectivity index (χ4v) is 2.13. The molecule has 1 N–H and O–H groups in total. The minimum absolute atomic E-state index is 0.0232. The minimum atomic E-state index is -0.196. The predicted molar refractivity (Wildman–Crippen MR) is 86.2 cm³/mol. The van der Waals surface area contributed by atoms with Gasteiger partial charge in [-0.1, -0.05) is 17.7 Å². The van der Waals surface area contributed by atoms with Crippen molar-refractivity contribution in [3.8, 4) is 5.75 Å². The van der Waals surface area contributed by atoms with Crippen molar-refractivity contribution in [2.24, 2.45) is 0 Å². The molecule has 0 aliphatic carbocycles. The number of rotatable bonds is 4. The number of amides is 1. The van der Waals surface area contributed by atoms with E-state index in [1.54, 1.807) is 18.2 Å². The van der Waals surface area contributed by atoms with Gasteiger partial charge in [-0.2, -0.15) is 0 Å². The highest BCUT2D eigenvalue weighted by molar-refractivity contribution is 6.30. The van der Waals surface area contributed by atoms with Crippen molar-refractivity contribution in [2.75, 3.05) is 11.9 Å². The predicted octanol–water partition coefficient (Wildman–Crippen LogP) is 4.28. The Morgan fingerprint density at radius 3 is 2.48 bits per heavy atom. The van der Waals surface area contributed by atoms with Crippen LogP contribution in [-0.2, 0) is 4.79 Å². The van der Waals surface area contributed by atoms with Crippen LogP contribution < -0.4 is 10.1 Å². The van der Waals surface area contributed by atoms with E-state index in [1.165, 1.54) is 5.56 Å². The summed E-state index contributed by atoms with van der Waals surface area (Å²) in [6.07, 6.45) is 0. The van der Waals surface area contributed by atoms with E-state index in [4.69, 9.17) is 16.3 Å². The topological polar surface area (TPSA) is 38.3 Å². The maximum atomic E-state index is 11.9. The summed E-state index contributed by atoms with van der Waals surface area (Å²) in [5.41, 5.74) is 4.00. The second-order valence-corrected chi connectivity index (χ2v) is 5.48. The van der Waals surface area contributed by atoms with Gasteiger partial charge in [-0.15, -0.1) is 0 Å². The Labute approximate surface area is 129 Å². The molecule has 0 saturated carbocycles. The summed E-state index contributed by atoms with van der Waals surface area (Å²) in [6.45, 7) is 5.92. The van der Waals surface area contributed by atoms with Gasteiger partial charge in [0.15, 0.2) is 6.61 Å². The highest BCUT2D eigenvalue weighted by Crippen LogP contribution is 2.20. The molecule has 0 aliphatic heterocycles. The normalized spacial score (nSPS) is 10.3. The molecule has 3 nitrogen and oxygen atoms in total. The van der Waals surface area contributed by atoms with Crippen molar-refractivity contribution in [1.82, 2.24) is 0 Å². The first kappa shape index (κ1) is 15.4. The number of ether oxygens (including phenoxy) is 1. The van der Waals surface area contributed by atoms with Gasteiger partial charge in [0.05, 0.1) is 0 Å². The first-order chi connectivity index (χ1) is 9.95. The maximum Gasteiger partial charge on any atom is 0.262 e. The third kappa shape index (κ3) is 4.23. The maximum absolute atomic E-state index is 11.9. The Balaban J connectivity index is 1.94. The lowest BCUT2D eigenvalue weighted by Crippen LogP contribution is -2.20. The lowest BCUT2D eigenvalue weighted by atomic mass is 10.1. The van der Waals surface area contributed by atoms with Crippen LogP contribution in [0.4, 0.5) is 5.69 Å². The van der Waals surface area contributed by atoms with E-state index in [-0.39, 0.29) is 12.5 Å². The van der Waals surface area contributed by atoms with E-state index in [9.17, 15) is 4.79 Å². The van der Waals surface area contributed by atoms with E-state index in [2.05, 4.69) is 5.32 Å². The van der Waals surface area contributed by atoms with Gasteiger partial charge in [-0.3, -0.25) is 4.79 Å². The van der Waals surface area contributed by atoms with E-state index in [0.717, 1.165) is 16.8 Å². The van der Waals surface area contributed by atoms with E-state index >= 15 is 0 Å². The SMILES string of the molecule is Cc1ccc(OCC(=O)Nc2ccc(Cl)cc2C)cc1C. The lowest BCUT2D eigenvalue weighted by Gasteiger charge is -2.10. The summed E-state index contributed by atoms with van der Waals surface area (Å²) in [6, 6.07) is 11.1. The Bertz CT molecular complexity index is 668. The van der Waals surface area contributed by atoms with Gasteiger partial charge >= 0.3 is 0 Å². The van der Waals surface area contributed by atoms with E-state index in [1.807, 2.05) is 39.0 Å². The molecule has 21 heavy (non-hydrogen) atoms. The van der Waals surface area contributed by atoms with Gasteiger partial charge in [-0.05, 0) is 67.8 Å². The quantitative estimate of drug-likeness (QED) is 0.915. The number of hydrogen-bond acceptors (Lipinski definition) is 2. The zero-order valence-corrected chi connectivity index (χ0v) is 13.1. The number of halogens is 1. The smallest absolute Gasteiger partial charge is 0.262 e. The highest BCUT2D eigenvalue weighted by Gasteiger charge is 2.06. The number of benzene rings is 2. The second kappa shape index (κ2) is 6.64. The van der Waals surface area contributed by atoms with Crippen LogP contribution >= 0.6 is 11.6 Å². The molecule has 0 aliphatic rings. The first-order valence-corrected chi connectivity index (χ1v) is 7.09. The molecule has 110 valence electrons. The van der Waals surface area contributed by atoms with Gasteiger partial charge < -0.3 is 10.1 Å². The third-order valence-corrected chi connectivity index (χ3v) is 3.55. The van der Waals surface area contributed by atoms with Crippen LogP contribution in [-0.4, -0.2) is 12.5 Å². The summed E-state index contributed by atoms with van der Waals surface area (Å²) in [5.74, 6) is 0.500. The standard InChI is InChI=1S/C17H18ClNO2/c1-11-4-6-15(9-12(11)2)21-10-17(20)19-16-7-5-14(18)8-13(16)3/h4-9H,10H2,1-3H3,(H,19,20). The number of hydrogen-bond donors (Lipinski definition) is 1. The Morgan fingerprint density at radius 2 is 1.81 bits per heavy atom. The molecule has 0 spiro atoms. The molecule has 0 heterocycles. The van der Waals surface area contributed by atoms with Crippen LogP contribution in [0, 0.1) is 20.8 Å². The number of anilines is 1. The Hall–Kier alpha value is -2.00. The van der Waals surface area contributed by atoms with Crippen molar-refractivity contribution in [3.63, 3.8) is 0 Å². The fraction of sp³-hybridized carbons (Fsp3) is 0.235. The third-order valence-electron chi connectivity index (χ3n) is 3.31. The molecule has 0 saturated heterocycles. The summed E-state index contributed by atoms with van der Waals surface area (Å²) in [4.78, 5) is 11.9. The van der Waals surface area contributed by atoms with Crippen LogP contribution in [0.1, 0.15) is 16.7 Å². The van der Waals surface area contributed by atoms with Crippen molar-refractivity contribution in [3.05, 3.63) is 58.1 Å². The molecule has 0 radical (unpaired) electrons. The molecule has 0 bridgehead atoms. The summed E-state index contributed by atoms with van der Waals surface area (Å²) < 4.78 is 5.50. The van der Waals surface area contributed by atoms with Crippen LogP contribution in [0.25, 0.3) is 0 Å². The van der Waals surface area contributed by atoms with Crippen LogP contribution in [0.2, 0.25) is 5.02 Å². The zero-order valence-electron chi connectivity index (χ0n) is 12.4. The molecule has 1 amide bonds. The van der Waals surface area contributed by atoms with Crippen LogP contribution in [0.3, 0.4) is 0 Å². The molecule has 0 aromatic heterocycles. The van der Waals surface area contributed by atoms with Gasteiger partial charge in [0, 0.05) is 10.7 Å². The van der Waals surface area contributed by atoms with Crippen LogP contribution in [0.15, 0.2) is 36.4 Å². The molecule has 0 atom stereocenters. The molecular formula is C17H18ClNO2. The Kier molecular flexibility index (Phi) is 4.86. The molecule has 2 rings (SSSR count). The Morgan fingerprint density at radius 1 is 1.05 bits per heavy atom. The molecular weight excluding hydrogens is 286 g/mol. The monoisotopic (exact) mass is 303 g/mol. The molecule has 4 heteroatoms. The minimum Gasteiger partial charge on any atom is -0.484 e. The van der Waals surface area contributed by atoms with Gasteiger partial charge in [-0.25, -0.2) is 0 Å². The number of carbonyl (C=O) groups is 1. The summed E-state index contributed by atoms with van der Waals surface area (Å²) >= 11 is 5.88. The van der Waals surface area contributed by atoms with Crippen LogP contribution in [0.5, 0.6) is 5.75 Å². The van der Waals surface area contributed by atoms with Gasteiger partial charge in [0.1, 0.15) is 5.75 Å². The first-order valence-electron chi connectivity index (χ1n) is 6.72. The summed E-state index contributed by atoms with van der Waals surface area (Å²) in [5, 5.41) is 3.46. The van der Waals surface area contributed by atoms with Crippen molar-refractivity contribution >= 4 is 23.2 Å². The lowest BCUT2D eigenvalue weighted by molar-refractivity contribution is -0.118. The molecule has 2 aromatic rings. The molecule has 0 unspecified atom stereocenters. The average molecular weight is 304 g/mol. The van der Waals surface area contributed by atoms with Crippen molar-refractivity contribution in [2.45, 2.75) is 20.8 Å². The number of carbonyl (C=O) groups excluding carboxylic acids is 1.